The molecular weight excluding hydrogens is 652 g/mol. The van der Waals surface area contributed by atoms with Gasteiger partial charge in [0.05, 0.1) is 0 Å². The number of hydrogen-bond acceptors (Lipinski definition) is 9. The molecule has 0 spiro atoms. The highest BCUT2D eigenvalue weighted by Gasteiger charge is 2.34. The monoisotopic (exact) mass is 696 g/mol. The molecule has 16 heteroatoms. The molecule has 16 nitrogen and oxygen atoms in total. The molecular formula is C34H44N6O10. The number of carbonyl (C=O) groups excluding carboxylic acids is 6. The first-order chi connectivity index (χ1) is 23.6. The van der Waals surface area contributed by atoms with E-state index in [4.69, 9.17) is 5.73 Å². The first kappa shape index (κ1) is 38.8. The Morgan fingerprint density at radius 2 is 1.14 bits per heavy atom. The summed E-state index contributed by atoms with van der Waals surface area (Å²) < 4.78 is 0. The van der Waals surface area contributed by atoms with Gasteiger partial charge in [0.15, 0.2) is 0 Å². The van der Waals surface area contributed by atoms with Crippen molar-refractivity contribution in [3.63, 3.8) is 0 Å². The van der Waals surface area contributed by atoms with Crippen LogP contribution in [0.25, 0.3) is 0 Å². The summed E-state index contributed by atoms with van der Waals surface area (Å²) in [6.07, 6.45) is -1.60. The van der Waals surface area contributed by atoms with Gasteiger partial charge in [0.2, 0.25) is 35.4 Å². The van der Waals surface area contributed by atoms with Crippen molar-refractivity contribution >= 4 is 41.4 Å². The highest BCUT2D eigenvalue weighted by atomic mass is 16.4. The van der Waals surface area contributed by atoms with E-state index < -0.39 is 78.0 Å². The summed E-state index contributed by atoms with van der Waals surface area (Å²) >= 11 is 0. The number of carboxylic acid groups (broad SMARTS) is 1. The number of hydrogen-bond donors (Lipinski definition) is 9. The molecule has 1 saturated heterocycles. The zero-order valence-corrected chi connectivity index (χ0v) is 27.8. The number of nitrogens with one attached hydrogen (secondary N) is 5. The number of nitrogens with two attached hydrogens (primary N) is 1. The van der Waals surface area contributed by atoms with E-state index in [9.17, 15) is 48.9 Å². The predicted octanol–water partition coefficient (Wildman–Crippen LogP) is -0.503. The SMILES string of the molecule is CC(C)C[C@@H]1NC(=O)[C@H](CCC(=O)O)NC(=O)[C@H](Cc2ccc(O)cc2)NC(=O)[C@H](Cc2ccc(O)cc2)NC(=O)CC[C@@H](C(N)=O)NC1=O. The molecule has 3 rings (SSSR count). The molecule has 0 aliphatic carbocycles. The first-order valence-electron chi connectivity index (χ1n) is 16.2. The second-order valence-electron chi connectivity index (χ2n) is 12.6. The zero-order valence-electron chi connectivity index (χ0n) is 27.8. The maximum absolute atomic E-state index is 13.8. The number of rotatable bonds is 10. The van der Waals surface area contributed by atoms with Crippen molar-refractivity contribution in [2.45, 2.75) is 89.0 Å². The van der Waals surface area contributed by atoms with E-state index in [0.29, 0.717) is 11.1 Å². The Hall–Kier alpha value is -5.67. The number of benzene rings is 2. The Labute approximate surface area is 288 Å². The number of primary amides is 1. The number of aromatic hydroxyl groups is 2. The van der Waals surface area contributed by atoms with Crippen LogP contribution in [0.2, 0.25) is 0 Å². The molecule has 5 atom stereocenters. The highest BCUT2D eigenvalue weighted by Crippen LogP contribution is 2.15. The number of carboxylic acids is 1. The maximum atomic E-state index is 13.8. The molecule has 1 fully saturated rings. The van der Waals surface area contributed by atoms with Gasteiger partial charge in [-0.3, -0.25) is 33.6 Å². The number of phenols is 2. The van der Waals surface area contributed by atoms with Gasteiger partial charge < -0.3 is 47.6 Å². The molecule has 6 amide bonds. The number of amides is 6. The van der Waals surface area contributed by atoms with E-state index >= 15 is 0 Å². The molecule has 270 valence electrons. The van der Waals surface area contributed by atoms with Crippen molar-refractivity contribution < 1.29 is 48.9 Å². The van der Waals surface area contributed by atoms with Crippen molar-refractivity contribution in [3.8, 4) is 11.5 Å². The van der Waals surface area contributed by atoms with Gasteiger partial charge in [-0.1, -0.05) is 38.1 Å². The number of phenolic OH excluding ortho intramolecular Hbond substituents is 2. The van der Waals surface area contributed by atoms with E-state index in [1.807, 2.05) is 0 Å². The third kappa shape index (κ3) is 12.4. The number of carbonyl (C=O) groups is 7. The van der Waals surface area contributed by atoms with Crippen LogP contribution in [0.1, 0.15) is 57.1 Å². The fourth-order valence-electron chi connectivity index (χ4n) is 5.31. The largest absolute Gasteiger partial charge is 0.508 e. The van der Waals surface area contributed by atoms with Crippen molar-refractivity contribution in [3.05, 3.63) is 59.7 Å². The van der Waals surface area contributed by atoms with Crippen molar-refractivity contribution in [1.29, 1.82) is 0 Å². The minimum Gasteiger partial charge on any atom is -0.508 e. The van der Waals surface area contributed by atoms with Crippen LogP contribution in [0.5, 0.6) is 11.5 Å². The van der Waals surface area contributed by atoms with Crippen LogP contribution in [-0.2, 0) is 46.4 Å². The Bertz CT molecular complexity index is 1550. The van der Waals surface area contributed by atoms with Crippen LogP contribution >= 0.6 is 0 Å². The predicted molar refractivity (Wildman–Crippen MR) is 178 cm³/mol. The van der Waals surface area contributed by atoms with Crippen molar-refractivity contribution in [2.24, 2.45) is 11.7 Å². The minimum atomic E-state index is -1.46. The first-order valence-corrected chi connectivity index (χ1v) is 16.2. The summed E-state index contributed by atoms with van der Waals surface area (Å²) in [5.74, 6) is -6.40. The second-order valence-corrected chi connectivity index (χ2v) is 12.6. The Morgan fingerprint density at radius 1 is 0.700 bits per heavy atom. The summed E-state index contributed by atoms with van der Waals surface area (Å²) in [6, 6.07) is 5.01. The lowest BCUT2D eigenvalue weighted by Crippen LogP contribution is -2.59. The standard InChI is InChI=1S/C34H44N6O10/c1-18(2)15-25-32(48)37-23(30(35)46)11-13-28(43)36-26(16-19-3-7-21(41)8-4-19)33(49)40-27(17-20-5-9-22(42)10-6-20)34(50)38-24(31(47)39-25)12-14-29(44)45/h3-10,18,23-27,41-42H,11-17H2,1-2H3,(H2,35,46)(H,36,43)(H,37,48)(H,38,50)(H,39,47)(H,40,49)(H,44,45)/t23-,24-,25-,26-,27-/m0/s1. The van der Waals surface area contributed by atoms with Crippen LogP contribution in [0.3, 0.4) is 0 Å². The van der Waals surface area contributed by atoms with Gasteiger partial charge in [-0.2, -0.15) is 0 Å². The fourth-order valence-corrected chi connectivity index (χ4v) is 5.31. The van der Waals surface area contributed by atoms with Crippen molar-refractivity contribution in [1.82, 2.24) is 26.6 Å². The second kappa shape index (κ2) is 18.2. The molecule has 10 N–H and O–H groups in total. The van der Waals surface area contributed by atoms with E-state index in [2.05, 4.69) is 26.6 Å². The maximum Gasteiger partial charge on any atom is 0.303 e. The van der Waals surface area contributed by atoms with Gasteiger partial charge in [0, 0.05) is 25.7 Å². The Morgan fingerprint density at radius 3 is 1.62 bits per heavy atom. The van der Waals surface area contributed by atoms with Gasteiger partial charge in [0.1, 0.15) is 41.7 Å². The van der Waals surface area contributed by atoms with Crippen LogP contribution in [0, 0.1) is 5.92 Å². The van der Waals surface area contributed by atoms with Crippen molar-refractivity contribution in [2.75, 3.05) is 0 Å². The summed E-state index contributed by atoms with van der Waals surface area (Å²) in [7, 11) is 0. The molecule has 0 unspecified atom stereocenters. The molecule has 50 heavy (non-hydrogen) atoms. The Kier molecular flexibility index (Phi) is 14.1. The van der Waals surface area contributed by atoms with Gasteiger partial charge >= 0.3 is 5.97 Å². The zero-order chi connectivity index (χ0) is 37.0. The summed E-state index contributed by atoms with van der Waals surface area (Å²) in [4.78, 5) is 91.6. The molecule has 0 aromatic heterocycles. The number of aliphatic carboxylic acids is 1. The van der Waals surface area contributed by atoms with E-state index in [1.54, 1.807) is 13.8 Å². The van der Waals surface area contributed by atoms with E-state index in [-0.39, 0.29) is 55.9 Å². The third-order valence-electron chi connectivity index (χ3n) is 7.98. The van der Waals surface area contributed by atoms with Crippen LogP contribution < -0.4 is 32.3 Å². The lowest BCUT2D eigenvalue weighted by atomic mass is 10.0. The molecule has 0 radical (unpaired) electrons. The summed E-state index contributed by atoms with van der Waals surface area (Å²) in [5.41, 5.74) is 6.58. The molecule has 1 aliphatic rings. The topological polar surface area (TPSA) is 266 Å². The van der Waals surface area contributed by atoms with E-state index in [0.717, 1.165) is 0 Å². The Balaban J connectivity index is 2.06. The molecule has 2 aromatic carbocycles. The summed E-state index contributed by atoms with van der Waals surface area (Å²) in [6.45, 7) is 3.57. The normalized spacial score (nSPS) is 22.7. The average molecular weight is 697 g/mol. The third-order valence-corrected chi connectivity index (χ3v) is 7.98. The quantitative estimate of drug-likeness (QED) is 0.154. The van der Waals surface area contributed by atoms with E-state index in [1.165, 1.54) is 48.5 Å². The van der Waals surface area contributed by atoms with Gasteiger partial charge in [-0.25, -0.2) is 0 Å². The van der Waals surface area contributed by atoms with Gasteiger partial charge in [0.25, 0.3) is 0 Å². The smallest absolute Gasteiger partial charge is 0.303 e. The van der Waals surface area contributed by atoms with Crippen LogP contribution in [0.15, 0.2) is 48.5 Å². The lowest BCUT2D eigenvalue weighted by molar-refractivity contribution is -0.138. The van der Waals surface area contributed by atoms with Gasteiger partial charge in [-0.15, -0.1) is 0 Å². The van der Waals surface area contributed by atoms with Gasteiger partial charge in [-0.05, 0) is 60.6 Å². The fraction of sp³-hybridized carbons (Fsp3) is 0.441. The summed E-state index contributed by atoms with van der Waals surface area (Å²) in [5, 5.41) is 41.6. The molecule has 0 bridgehead atoms. The lowest BCUT2D eigenvalue weighted by Gasteiger charge is -2.27. The van der Waals surface area contributed by atoms with Crippen LogP contribution in [-0.4, -0.2) is 86.9 Å². The molecule has 1 aliphatic heterocycles. The average Bonchev–Trinajstić information content (AvgIpc) is 3.04. The minimum absolute atomic E-state index is 0.0292. The van der Waals surface area contributed by atoms with Crippen LogP contribution in [0.4, 0.5) is 0 Å². The molecule has 2 aromatic rings. The molecule has 0 saturated carbocycles. The molecule has 1 heterocycles. The highest BCUT2D eigenvalue weighted by molar-refractivity contribution is 5.97.